The van der Waals surface area contributed by atoms with Gasteiger partial charge >= 0.3 is 0 Å². The van der Waals surface area contributed by atoms with Crippen LogP contribution in [-0.4, -0.2) is 46.5 Å². The number of fused-ring (bicyclic) bond motifs is 13. The molecule has 0 radical (unpaired) electrons. The van der Waals surface area contributed by atoms with Crippen molar-refractivity contribution >= 4 is 49.5 Å². The van der Waals surface area contributed by atoms with Gasteiger partial charge in [0.25, 0.3) is 5.91 Å². The van der Waals surface area contributed by atoms with Crippen molar-refractivity contribution in [3.63, 3.8) is 0 Å². The fraction of sp³-hybridized carbons (Fsp3) is 0.321. The van der Waals surface area contributed by atoms with Gasteiger partial charge in [-0.05, 0) is 31.7 Å². The van der Waals surface area contributed by atoms with Crippen molar-refractivity contribution in [2.24, 2.45) is 0 Å². The number of likely N-dealkylation sites (N-methyl/N-ethyl adjacent to an activating group) is 1. The van der Waals surface area contributed by atoms with Gasteiger partial charge < -0.3 is 34.3 Å². The highest BCUT2D eigenvalue weighted by molar-refractivity contribution is 6.31. The number of phenols is 1. The van der Waals surface area contributed by atoms with Gasteiger partial charge in [0.15, 0.2) is 5.72 Å². The molecule has 1 saturated heterocycles. The largest absolute Gasteiger partial charge is 0.506 e. The van der Waals surface area contributed by atoms with E-state index < -0.39 is 5.72 Å². The van der Waals surface area contributed by atoms with Crippen LogP contribution in [0.1, 0.15) is 35.5 Å². The number of aromatic nitrogens is 2. The van der Waals surface area contributed by atoms with Crippen molar-refractivity contribution in [3.05, 3.63) is 53.6 Å². The highest BCUT2D eigenvalue weighted by Crippen LogP contribution is 2.54. The summed E-state index contributed by atoms with van der Waals surface area (Å²) in [6.07, 6.45) is 0.0709. The Kier molecular flexibility index (Phi) is 3.77. The minimum atomic E-state index is -0.929. The maximum atomic E-state index is 13.3. The van der Waals surface area contributed by atoms with Crippen LogP contribution in [0.15, 0.2) is 42.5 Å². The van der Waals surface area contributed by atoms with Crippen LogP contribution >= 0.6 is 0 Å². The highest BCUT2D eigenvalue weighted by atomic mass is 16.6. The molecule has 8 rings (SSSR count). The molecular weight excluding hydrogens is 456 g/mol. The molecule has 182 valence electrons. The molecule has 36 heavy (non-hydrogen) atoms. The van der Waals surface area contributed by atoms with Crippen molar-refractivity contribution < 1.29 is 19.4 Å². The summed E-state index contributed by atoms with van der Waals surface area (Å²) in [5.74, 6) is 0.119. The average molecular weight is 483 g/mol. The van der Waals surface area contributed by atoms with Gasteiger partial charge in [-0.15, -0.1) is 0 Å². The molecule has 0 spiro atoms. The van der Waals surface area contributed by atoms with Gasteiger partial charge in [-0.3, -0.25) is 4.79 Å². The summed E-state index contributed by atoms with van der Waals surface area (Å²) in [5.41, 5.74) is 4.43. The summed E-state index contributed by atoms with van der Waals surface area (Å²) in [7, 11) is 3.67. The number of para-hydroxylation sites is 2. The van der Waals surface area contributed by atoms with Gasteiger partial charge in [0.1, 0.15) is 18.1 Å². The molecular formula is C28H26N4O4. The zero-order valence-electron chi connectivity index (χ0n) is 20.3. The Morgan fingerprint density at radius 1 is 1.11 bits per heavy atom. The van der Waals surface area contributed by atoms with Crippen LogP contribution in [0.3, 0.4) is 0 Å². The third kappa shape index (κ3) is 2.12. The maximum Gasteiger partial charge on any atom is 0.252 e. The van der Waals surface area contributed by atoms with Gasteiger partial charge in [-0.1, -0.05) is 30.3 Å². The second-order valence-electron chi connectivity index (χ2n) is 10.3. The molecule has 8 nitrogen and oxygen atoms in total. The van der Waals surface area contributed by atoms with Crippen molar-refractivity contribution in [2.75, 3.05) is 14.2 Å². The Balaban J connectivity index is 1.74. The first-order valence-corrected chi connectivity index (χ1v) is 12.4. The predicted molar refractivity (Wildman–Crippen MR) is 137 cm³/mol. The van der Waals surface area contributed by atoms with Crippen LogP contribution in [0.5, 0.6) is 5.75 Å². The van der Waals surface area contributed by atoms with Crippen LogP contribution in [0.2, 0.25) is 0 Å². The quantitative estimate of drug-likeness (QED) is 0.353. The Morgan fingerprint density at radius 2 is 1.92 bits per heavy atom. The fourth-order valence-corrected chi connectivity index (χ4v) is 7.40. The van der Waals surface area contributed by atoms with E-state index in [1.807, 2.05) is 31.3 Å². The first kappa shape index (κ1) is 20.6. The fourth-order valence-electron chi connectivity index (χ4n) is 7.40. The van der Waals surface area contributed by atoms with Gasteiger partial charge in [0.05, 0.1) is 27.6 Å². The number of nitrogens with one attached hydrogen (secondary N) is 2. The summed E-state index contributed by atoms with van der Waals surface area (Å²) in [6, 6.07) is 13.8. The average Bonchev–Trinajstić information content (AvgIpc) is 3.52. The molecule has 3 aliphatic heterocycles. The van der Waals surface area contributed by atoms with Crippen molar-refractivity contribution in [2.45, 2.75) is 44.0 Å². The van der Waals surface area contributed by atoms with E-state index in [0.29, 0.717) is 18.5 Å². The minimum Gasteiger partial charge on any atom is -0.506 e. The topological polar surface area (TPSA) is 89.7 Å². The number of hydrogen-bond donors (Lipinski definition) is 3. The molecule has 4 atom stereocenters. The van der Waals surface area contributed by atoms with Crippen molar-refractivity contribution in [1.29, 1.82) is 0 Å². The molecule has 3 aromatic carbocycles. The number of ether oxygens (including phenoxy) is 2. The Hall–Kier alpha value is -3.59. The minimum absolute atomic E-state index is 0.00206. The molecule has 8 heteroatoms. The van der Waals surface area contributed by atoms with Gasteiger partial charge in [-0.25, -0.2) is 0 Å². The first-order valence-electron chi connectivity index (χ1n) is 12.4. The zero-order valence-corrected chi connectivity index (χ0v) is 20.3. The molecule has 2 bridgehead atoms. The number of carbonyl (C=O) groups excluding carboxylic acids is 1. The SMILES string of the molecule is CN[C@H]1C[C@H]2O[C@@](C)([C@@H]1OC)n1c3c(O)cccc3c3c4c(c5c6ccccc6n2c5c31)C(=O)NC4. The Morgan fingerprint density at radius 3 is 2.72 bits per heavy atom. The van der Waals surface area contributed by atoms with Crippen LogP contribution in [0.4, 0.5) is 0 Å². The lowest BCUT2D eigenvalue weighted by atomic mass is 9.93. The molecule has 1 fully saturated rings. The van der Waals surface area contributed by atoms with Crippen LogP contribution in [0, 0.1) is 0 Å². The molecule has 5 heterocycles. The van der Waals surface area contributed by atoms with Crippen LogP contribution in [0.25, 0.3) is 43.6 Å². The lowest BCUT2D eigenvalue weighted by Crippen LogP contribution is -2.59. The normalized spacial score (nSPS) is 26.9. The summed E-state index contributed by atoms with van der Waals surface area (Å²) in [6.45, 7) is 2.50. The number of phenolic OH excluding ortho intramolecular Hbond substituents is 1. The Labute approximate surface area is 206 Å². The molecule has 5 aromatic rings. The smallest absolute Gasteiger partial charge is 0.252 e. The molecule has 0 aliphatic carbocycles. The lowest BCUT2D eigenvalue weighted by Gasteiger charge is -2.48. The zero-order chi connectivity index (χ0) is 24.5. The second kappa shape index (κ2) is 6.59. The first-order chi connectivity index (χ1) is 17.5. The summed E-state index contributed by atoms with van der Waals surface area (Å²) >= 11 is 0. The molecule has 2 aromatic heterocycles. The lowest BCUT2D eigenvalue weighted by molar-refractivity contribution is -0.256. The number of rotatable bonds is 2. The monoisotopic (exact) mass is 482 g/mol. The van der Waals surface area contributed by atoms with E-state index in [4.69, 9.17) is 9.47 Å². The van der Waals surface area contributed by atoms with E-state index in [2.05, 4.69) is 38.8 Å². The Bertz CT molecular complexity index is 1800. The molecule has 1 amide bonds. The third-order valence-electron chi connectivity index (χ3n) is 8.69. The van der Waals surface area contributed by atoms with Gasteiger partial charge in [0, 0.05) is 47.7 Å². The number of amides is 1. The van der Waals surface area contributed by atoms with E-state index in [0.717, 1.165) is 49.2 Å². The predicted octanol–water partition coefficient (Wildman–Crippen LogP) is 4.06. The van der Waals surface area contributed by atoms with Gasteiger partial charge in [-0.2, -0.15) is 0 Å². The standard InChI is InChI=1S/C28H26N4O4/c1-28-26(35-3)16(29-2)11-19(36-28)31-17-9-5-4-7-13(17)21-22-15(12-30-27(22)34)20-14-8-6-10-18(33)23(14)32(28)25(20)24(21)31/h4-10,16,19,26,29,33H,11-12H2,1-3H3,(H,30,34)/t16-,19+,26+,28-/m0/s1. The van der Waals surface area contributed by atoms with Crippen molar-refractivity contribution in [3.8, 4) is 5.75 Å². The second-order valence-corrected chi connectivity index (χ2v) is 10.3. The van der Waals surface area contributed by atoms with Crippen molar-refractivity contribution in [1.82, 2.24) is 19.8 Å². The van der Waals surface area contributed by atoms with E-state index >= 15 is 0 Å². The third-order valence-corrected chi connectivity index (χ3v) is 8.69. The molecule has 3 aliphatic rings. The molecule has 0 saturated carbocycles. The van der Waals surface area contributed by atoms with E-state index in [1.54, 1.807) is 13.2 Å². The van der Waals surface area contributed by atoms with E-state index in [-0.39, 0.29) is 30.0 Å². The van der Waals surface area contributed by atoms with Crippen LogP contribution in [-0.2, 0) is 21.7 Å². The molecule has 0 unspecified atom stereocenters. The number of benzene rings is 3. The summed E-state index contributed by atoms with van der Waals surface area (Å²) < 4.78 is 17.6. The maximum absolute atomic E-state index is 13.3. The van der Waals surface area contributed by atoms with E-state index in [9.17, 15) is 9.90 Å². The van der Waals surface area contributed by atoms with E-state index in [1.165, 1.54) is 0 Å². The van der Waals surface area contributed by atoms with Gasteiger partial charge in [0.2, 0.25) is 0 Å². The summed E-state index contributed by atoms with van der Waals surface area (Å²) in [5, 5.41) is 21.7. The summed E-state index contributed by atoms with van der Waals surface area (Å²) in [4.78, 5) is 13.3. The number of aromatic hydroxyl groups is 1. The number of nitrogens with zero attached hydrogens (tertiary/aromatic N) is 2. The number of carbonyl (C=O) groups is 1. The molecule has 3 N–H and O–H groups in total. The van der Waals surface area contributed by atoms with Crippen LogP contribution < -0.4 is 10.6 Å². The highest BCUT2D eigenvalue weighted by Gasteiger charge is 2.53. The number of hydrogen-bond acceptors (Lipinski definition) is 5. The number of methoxy groups -OCH3 is 1.